The van der Waals surface area contributed by atoms with E-state index in [1.807, 2.05) is 36.4 Å². The predicted molar refractivity (Wildman–Crippen MR) is 65.4 cm³/mol. The molecule has 1 aliphatic heterocycles. The second-order valence-corrected chi connectivity index (χ2v) is 3.89. The summed E-state index contributed by atoms with van der Waals surface area (Å²) in [6.07, 6.45) is 1.89. The van der Waals surface area contributed by atoms with Crippen molar-refractivity contribution in [2.24, 2.45) is 0 Å². The molecule has 0 radical (unpaired) electrons. The van der Waals surface area contributed by atoms with E-state index < -0.39 is 0 Å². The molecule has 0 fully saturated rings. The van der Waals surface area contributed by atoms with Crippen molar-refractivity contribution in [2.45, 2.75) is 6.04 Å². The van der Waals surface area contributed by atoms with Gasteiger partial charge < -0.3 is 15.7 Å². The van der Waals surface area contributed by atoms with Crippen molar-refractivity contribution in [3.63, 3.8) is 0 Å². The summed E-state index contributed by atoms with van der Waals surface area (Å²) in [5, 5.41) is 14.6. The van der Waals surface area contributed by atoms with Crippen LogP contribution in [0.15, 0.2) is 42.0 Å². The van der Waals surface area contributed by atoms with Crippen LogP contribution in [0.25, 0.3) is 0 Å². The van der Waals surface area contributed by atoms with Crippen LogP contribution in [-0.4, -0.2) is 30.7 Å². The number of nitrogens with one attached hydrogen (secondary N) is 2. The number of hydrogen-bond acceptors (Lipinski definition) is 3. The molecule has 0 bridgehead atoms. The van der Waals surface area contributed by atoms with Crippen LogP contribution in [-0.2, 0) is 4.79 Å². The molecule has 0 aromatic heterocycles. The highest BCUT2D eigenvalue weighted by molar-refractivity contribution is 5.95. The molecule has 1 atom stereocenters. The van der Waals surface area contributed by atoms with Gasteiger partial charge in [-0.2, -0.15) is 0 Å². The first-order chi connectivity index (χ1) is 8.33. The minimum atomic E-state index is -0.113. The van der Waals surface area contributed by atoms with E-state index in [1.54, 1.807) is 0 Å². The molecule has 17 heavy (non-hydrogen) atoms. The van der Waals surface area contributed by atoms with Gasteiger partial charge in [-0.1, -0.05) is 36.4 Å². The van der Waals surface area contributed by atoms with Crippen LogP contribution in [0.2, 0.25) is 0 Å². The normalized spacial score (nSPS) is 18.9. The van der Waals surface area contributed by atoms with Crippen LogP contribution in [0.5, 0.6) is 0 Å². The third-order valence-electron chi connectivity index (χ3n) is 2.75. The number of carbonyl (C=O) groups is 1. The van der Waals surface area contributed by atoms with Gasteiger partial charge in [0.05, 0.1) is 12.6 Å². The number of amides is 1. The second-order valence-electron chi connectivity index (χ2n) is 3.89. The lowest BCUT2D eigenvalue weighted by Gasteiger charge is -2.15. The van der Waals surface area contributed by atoms with Crippen molar-refractivity contribution in [1.82, 2.24) is 10.6 Å². The minimum Gasteiger partial charge on any atom is -0.395 e. The van der Waals surface area contributed by atoms with Gasteiger partial charge in [0.2, 0.25) is 5.91 Å². The van der Waals surface area contributed by atoms with Crippen LogP contribution in [0.3, 0.4) is 0 Å². The minimum absolute atomic E-state index is 0.0392. The van der Waals surface area contributed by atoms with Gasteiger partial charge in [0.1, 0.15) is 0 Å². The van der Waals surface area contributed by atoms with Gasteiger partial charge in [-0.25, -0.2) is 0 Å². The Morgan fingerprint density at radius 2 is 2.18 bits per heavy atom. The summed E-state index contributed by atoms with van der Waals surface area (Å²) >= 11 is 0. The lowest BCUT2D eigenvalue weighted by Crippen LogP contribution is -2.31. The van der Waals surface area contributed by atoms with Crippen molar-refractivity contribution in [1.29, 1.82) is 0 Å². The van der Waals surface area contributed by atoms with Crippen molar-refractivity contribution >= 4 is 5.91 Å². The van der Waals surface area contributed by atoms with Gasteiger partial charge >= 0.3 is 0 Å². The van der Waals surface area contributed by atoms with Crippen molar-refractivity contribution in [3.8, 4) is 0 Å². The Morgan fingerprint density at radius 1 is 1.41 bits per heavy atom. The van der Waals surface area contributed by atoms with Gasteiger partial charge in [-0.15, -0.1) is 0 Å². The van der Waals surface area contributed by atoms with Crippen molar-refractivity contribution in [3.05, 3.63) is 47.5 Å². The fourth-order valence-electron chi connectivity index (χ4n) is 1.95. The van der Waals surface area contributed by atoms with Gasteiger partial charge in [-0.3, -0.25) is 4.79 Å². The largest absolute Gasteiger partial charge is 0.395 e. The van der Waals surface area contributed by atoms with Crippen LogP contribution in [0.4, 0.5) is 0 Å². The summed E-state index contributed by atoms with van der Waals surface area (Å²) in [5.74, 6) is -0.113. The maximum atomic E-state index is 11.9. The molecule has 1 unspecified atom stereocenters. The van der Waals surface area contributed by atoms with Gasteiger partial charge in [0.25, 0.3) is 0 Å². The molecule has 4 nitrogen and oxygen atoms in total. The standard InChI is InChI=1S/C13H16N2O2/c16-9-8-15-13(17)11-6-7-14-12(11)10-4-2-1-3-5-10/h1-6,12,14,16H,7-9H2,(H,15,17). The monoisotopic (exact) mass is 232 g/mol. The van der Waals surface area contributed by atoms with Crippen LogP contribution < -0.4 is 10.6 Å². The van der Waals surface area contributed by atoms with E-state index in [0.717, 1.165) is 11.1 Å². The Hall–Kier alpha value is -1.65. The molecule has 4 heteroatoms. The molecule has 2 rings (SSSR count). The molecule has 0 saturated carbocycles. The van der Waals surface area contributed by atoms with E-state index in [1.165, 1.54) is 0 Å². The third kappa shape index (κ3) is 2.72. The topological polar surface area (TPSA) is 61.4 Å². The average molecular weight is 232 g/mol. The SMILES string of the molecule is O=C(NCCO)C1=CCNC1c1ccccc1. The van der Waals surface area contributed by atoms with Gasteiger partial charge in [0.15, 0.2) is 0 Å². The smallest absolute Gasteiger partial charge is 0.248 e. The quantitative estimate of drug-likeness (QED) is 0.702. The van der Waals surface area contributed by atoms with Crippen LogP contribution >= 0.6 is 0 Å². The number of aliphatic hydroxyl groups excluding tert-OH is 1. The molecule has 0 saturated heterocycles. The molecular weight excluding hydrogens is 216 g/mol. The predicted octanol–water partition coefficient (Wildman–Crippen LogP) is 0.366. The summed E-state index contributed by atoms with van der Waals surface area (Å²) in [7, 11) is 0. The Balaban J connectivity index is 2.10. The molecule has 1 aromatic rings. The zero-order valence-corrected chi connectivity index (χ0v) is 9.52. The van der Waals surface area contributed by atoms with E-state index in [9.17, 15) is 4.79 Å². The molecule has 1 heterocycles. The number of benzene rings is 1. The Labute approximate surface area is 100 Å². The molecule has 1 aliphatic rings. The van der Waals surface area contributed by atoms with E-state index in [-0.39, 0.29) is 25.1 Å². The zero-order chi connectivity index (χ0) is 12.1. The second kappa shape index (κ2) is 5.61. The fraction of sp³-hybridized carbons (Fsp3) is 0.308. The first kappa shape index (κ1) is 11.8. The maximum absolute atomic E-state index is 11.9. The summed E-state index contributed by atoms with van der Waals surface area (Å²) in [5.41, 5.74) is 1.81. The Morgan fingerprint density at radius 3 is 2.88 bits per heavy atom. The first-order valence-electron chi connectivity index (χ1n) is 5.70. The molecule has 1 amide bonds. The first-order valence-corrected chi connectivity index (χ1v) is 5.70. The number of hydrogen-bond donors (Lipinski definition) is 3. The van der Waals surface area contributed by atoms with Gasteiger partial charge in [0, 0.05) is 18.7 Å². The average Bonchev–Trinajstić information content (AvgIpc) is 2.86. The maximum Gasteiger partial charge on any atom is 0.248 e. The molecule has 90 valence electrons. The Kier molecular flexibility index (Phi) is 3.90. The molecule has 3 N–H and O–H groups in total. The molecular formula is C13H16N2O2. The van der Waals surface area contributed by atoms with Crippen molar-refractivity contribution in [2.75, 3.05) is 19.7 Å². The number of aliphatic hydroxyl groups is 1. The summed E-state index contributed by atoms with van der Waals surface area (Å²) < 4.78 is 0. The lowest BCUT2D eigenvalue weighted by molar-refractivity contribution is -0.117. The number of carbonyl (C=O) groups excluding carboxylic acids is 1. The van der Waals surface area contributed by atoms with E-state index >= 15 is 0 Å². The lowest BCUT2D eigenvalue weighted by atomic mass is 10.0. The molecule has 1 aromatic carbocycles. The van der Waals surface area contributed by atoms with E-state index in [0.29, 0.717) is 6.54 Å². The van der Waals surface area contributed by atoms with E-state index in [4.69, 9.17) is 5.11 Å². The summed E-state index contributed by atoms with van der Waals surface area (Å²) in [4.78, 5) is 11.9. The van der Waals surface area contributed by atoms with Crippen LogP contribution in [0.1, 0.15) is 11.6 Å². The highest BCUT2D eigenvalue weighted by atomic mass is 16.3. The molecule has 0 spiro atoms. The summed E-state index contributed by atoms with van der Waals surface area (Å²) in [6, 6.07) is 9.81. The van der Waals surface area contributed by atoms with Crippen molar-refractivity contribution < 1.29 is 9.90 Å². The summed E-state index contributed by atoms with van der Waals surface area (Å²) in [6.45, 7) is 0.946. The third-order valence-corrected chi connectivity index (χ3v) is 2.75. The van der Waals surface area contributed by atoms with Crippen LogP contribution in [0, 0.1) is 0 Å². The van der Waals surface area contributed by atoms with E-state index in [2.05, 4.69) is 10.6 Å². The van der Waals surface area contributed by atoms with Gasteiger partial charge in [-0.05, 0) is 5.56 Å². The fourth-order valence-corrected chi connectivity index (χ4v) is 1.95. The highest BCUT2D eigenvalue weighted by Crippen LogP contribution is 2.24. The Bertz CT molecular complexity index is 415. The highest BCUT2D eigenvalue weighted by Gasteiger charge is 2.25. The number of rotatable bonds is 4. The molecule has 0 aliphatic carbocycles. The zero-order valence-electron chi connectivity index (χ0n) is 9.52.